The highest BCUT2D eigenvalue weighted by Gasteiger charge is 2.71. The third kappa shape index (κ3) is 3.08. The van der Waals surface area contributed by atoms with E-state index in [2.05, 4.69) is 38.1 Å². The van der Waals surface area contributed by atoms with Gasteiger partial charge in [0.1, 0.15) is 42.9 Å². The molecule has 4 aliphatic heterocycles. The van der Waals surface area contributed by atoms with Crippen molar-refractivity contribution in [3.8, 4) is 5.75 Å². The first-order chi connectivity index (χ1) is 13.1. The van der Waals surface area contributed by atoms with E-state index in [1.807, 2.05) is 0 Å². The van der Waals surface area contributed by atoms with E-state index in [0.29, 0.717) is 19.1 Å². The van der Waals surface area contributed by atoms with Crippen LogP contribution < -0.4 is 4.74 Å². The van der Waals surface area contributed by atoms with E-state index in [0.717, 1.165) is 19.0 Å². The molecule has 0 amide bonds. The molecule has 6 unspecified atom stereocenters. The average Bonchev–Trinajstić information content (AvgIpc) is 3.52. The summed E-state index contributed by atoms with van der Waals surface area (Å²) in [5, 5.41) is 0. The summed E-state index contributed by atoms with van der Waals surface area (Å²) in [5.41, 5.74) is 1.25. The number of epoxide rings is 4. The number of hydrogen-bond donors (Lipinski definition) is 0. The van der Waals surface area contributed by atoms with Gasteiger partial charge in [-0.05, 0) is 23.1 Å². The lowest BCUT2D eigenvalue weighted by Gasteiger charge is -2.35. The molecule has 0 radical (unpaired) electrons. The van der Waals surface area contributed by atoms with Gasteiger partial charge in [-0.1, -0.05) is 26.0 Å². The van der Waals surface area contributed by atoms with Crippen molar-refractivity contribution in [3.05, 3.63) is 29.8 Å². The number of benzene rings is 1. The van der Waals surface area contributed by atoms with Crippen LogP contribution in [0.5, 0.6) is 5.75 Å². The predicted octanol–water partition coefficient (Wildman–Crippen LogP) is 1.69. The van der Waals surface area contributed by atoms with Crippen molar-refractivity contribution in [1.82, 2.24) is 0 Å². The van der Waals surface area contributed by atoms with Crippen LogP contribution in [-0.4, -0.2) is 69.2 Å². The molecule has 1 aliphatic carbocycles. The number of rotatable bonds is 8. The van der Waals surface area contributed by atoms with Gasteiger partial charge in [0.2, 0.25) is 0 Å². The zero-order valence-corrected chi connectivity index (χ0v) is 15.7. The minimum absolute atomic E-state index is 0.0401. The summed E-state index contributed by atoms with van der Waals surface area (Å²) in [5.74, 6) is 1.24. The molecule has 4 heterocycles. The van der Waals surface area contributed by atoms with Crippen LogP contribution in [0.15, 0.2) is 24.3 Å². The molecular weight excluding hydrogens is 348 g/mol. The van der Waals surface area contributed by atoms with Crippen LogP contribution in [0.2, 0.25) is 0 Å². The Morgan fingerprint density at radius 2 is 1.48 bits per heavy atom. The molecule has 0 aromatic heterocycles. The Bertz CT molecular complexity index is 692. The third-order valence-electron chi connectivity index (χ3n) is 6.63. The Morgan fingerprint density at radius 3 is 2.07 bits per heavy atom. The summed E-state index contributed by atoms with van der Waals surface area (Å²) in [4.78, 5) is 0. The fourth-order valence-electron chi connectivity index (χ4n) is 4.67. The van der Waals surface area contributed by atoms with Crippen molar-refractivity contribution in [1.29, 1.82) is 0 Å². The van der Waals surface area contributed by atoms with Crippen molar-refractivity contribution >= 4 is 0 Å². The molecule has 1 aromatic rings. The molecule has 6 atom stereocenters. The summed E-state index contributed by atoms with van der Waals surface area (Å²) in [6.45, 7) is 7.51. The summed E-state index contributed by atoms with van der Waals surface area (Å²) in [6, 6.07) is 8.45. The molecule has 6 nitrogen and oxygen atoms in total. The summed E-state index contributed by atoms with van der Waals surface area (Å²) < 4.78 is 34.4. The van der Waals surface area contributed by atoms with Crippen LogP contribution >= 0.6 is 0 Å². The van der Waals surface area contributed by atoms with E-state index in [-0.39, 0.29) is 48.1 Å². The first kappa shape index (κ1) is 16.7. The lowest BCUT2D eigenvalue weighted by Crippen LogP contribution is -2.45. The molecule has 1 aromatic carbocycles. The smallest absolute Gasteiger partial charge is 0.119 e. The second kappa shape index (κ2) is 5.91. The first-order valence-corrected chi connectivity index (χ1v) is 10.0. The van der Waals surface area contributed by atoms with E-state index in [1.54, 1.807) is 0 Å². The van der Waals surface area contributed by atoms with Crippen molar-refractivity contribution in [2.24, 2.45) is 5.92 Å². The number of ether oxygens (including phenoxy) is 6. The Balaban J connectivity index is 1.14. The fourth-order valence-corrected chi connectivity index (χ4v) is 4.67. The lowest BCUT2D eigenvalue weighted by atomic mass is 9.67. The zero-order valence-electron chi connectivity index (χ0n) is 15.7. The molecular formula is C21H26O6. The minimum Gasteiger partial charge on any atom is -0.491 e. The van der Waals surface area contributed by atoms with Crippen molar-refractivity contribution in [3.63, 3.8) is 0 Å². The minimum atomic E-state index is -0.0401. The van der Waals surface area contributed by atoms with Crippen LogP contribution in [-0.2, 0) is 29.1 Å². The zero-order chi connectivity index (χ0) is 18.2. The number of fused-ring (bicyclic) bond motifs is 2. The lowest BCUT2D eigenvalue weighted by molar-refractivity contribution is 0.00694. The Hall–Kier alpha value is -1.18. The quantitative estimate of drug-likeness (QED) is 0.645. The van der Waals surface area contributed by atoms with E-state index in [1.165, 1.54) is 5.56 Å². The standard InChI is InChI=1S/C21H26O6/c1-21(2,11-3-5-12(6-4-11)22-7-13-8-23-13)15-16-19(26-16)18(20-17(15)27-20)25-10-14-9-24-14/h3-6,13-20H,7-10H2,1-2H3. The number of hydrogen-bond acceptors (Lipinski definition) is 6. The van der Waals surface area contributed by atoms with Crippen LogP contribution in [0.4, 0.5) is 0 Å². The van der Waals surface area contributed by atoms with Gasteiger partial charge in [-0.3, -0.25) is 0 Å². The predicted molar refractivity (Wildman–Crippen MR) is 95.0 cm³/mol. The SMILES string of the molecule is CC(C)(c1ccc(OCC2CO2)cc1)C1C2OC2C(OCC2CO2)C2OC21. The highest BCUT2D eigenvalue weighted by molar-refractivity contribution is 5.35. The van der Waals surface area contributed by atoms with Crippen LogP contribution in [0, 0.1) is 5.92 Å². The van der Waals surface area contributed by atoms with Gasteiger partial charge in [-0.15, -0.1) is 0 Å². The maximum Gasteiger partial charge on any atom is 0.119 e. The van der Waals surface area contributed by atoms with Crippen LogP contribution in [0.25, 0.3) is 0 Å². The van der Waals surface area contributed by atoms with E-state index >= 15 is 0 Å². The van der Waals surface area contributed by atoms with E-state index < -0.39 is 0 Å². The van der Waals surface area contributed by atoms with Gasteiger partial charge < -0.3 is 28.4 Å². The van der Waals surface area contributed by atoms with Gasteiger partial charge in [-0.25, -0.2) is 0 Å². The van der Waals surface area contributed by atoms with Gasteiger partial charge in [0.05, 0.1) is 32.0 Å². The van der Waals surface area contributed by atoms with Crippen molar-refractivity contribution < 1.29 is 28.4 Å². The molecule has 5 aliphatic rings. The van der Waals surface area contributed by atoms with Gasteiger partial charge in [0.15, 0.2) is 0 Å². The fraction of sp³-hybridized carbons (Fsp3) is 0.714. The second-order valence-electron chi connectivity index (χ2n) is 8.92. The molecule has 5 fully saturated rings. The molecule has 146 valence electrons. The monoisotopic (exact) mass is 374 g/mol. The summed E-state index contributed by atoms with van der Waals surface area (Å²) >= 11 is 0. The third-order valence-corrected chi connectivity index (χ3v) is 6.63. The highest BCUT2D eigenvalue weighted by atomic mass is 16.7. The van der Waals surface area contributed by atoms with Crippen LogP contribution in [0.1, 0.15) is 19.4 Å². The first-order valence-electron chi connectivity index (χ1n) is 10.0. The Kier molecular flexibility index (Phi) is 3.66. The molecule has 0 spiro atoms. The van der Waals surface area contributed by atoms with E-state index in [4.69, 9.17) is 28.4 Å². The maximum absolute atomic E-state index is 6.08. The summed E-state index contributed by atoms with van der Waals surface area (Å²) in [7, 11) is 0. The largest absolute Gasteiger partial charge is 0.491 e. The molecule has 27 heavy (non-hydrogen) atoms. The molecule has 6 rings (SSSR count). The Labute approximate surface area is 159 Å². The van der Waals surface area contributed by atoms with Crippen molar-refractivity contribution in [2.45, 2.75) is 62.0 Å². The molecule has 4 saturated heterocycles. The average molecular weight is 374 g/mol. The van der Waals surface area contributed by atoms with Gasteiger partial charge in [0, 0.05) is 5.92 Å². The van der Waals surface area contributed by atoms with Crippen LogP contribution in [0.3, 0.4) is 0 Å². The molecule has 0 bridgehead atoms. The second-order valence-corrected chi connectivity index (χ2v) is 8.92. The summed E-state index contributed by atoms with van der Waals surface area (Å²) in [6.07, 6.45) is 1.39. The van der Waals surface area contributed by atoms with E-state index in [9.17, 15) is 0 Å². The van der Waals surface area contributed by atoms with Gasteiger partial charge in [-0.2, -0.15) is 0 Å². The van der Waals surface area contributed by atoms with Crippen molar-refractivity contribution in [2.75, 3.05) is 26.4 Å². The maximum atomic E-state index is 6.08. The highest BCUT2D eigenvalue weighted by Crippen LogP contribution is 2.57. The van der Waals surface area contributed by atoms with Gasteiger partial charge >= 0.3 is 0 Å². The van der Waals surface area contributed by atoms with Gasteiger partial charge in [0.25, 0.3) is 0 Å². The topological polar surface area (TPSA) is 68.6 Å². The normalized spacial score (nSPS) is 43.5. The molecule has 6 heteroatoms. The molecule has 0 N–H and O–H groups in total. The molecule has 1 saturated carbocycles. The Morgan fingerprint density at radius 1 is 0.889 bits per heavy atom.